The number of halogens is 2. The van der Waals surface area contributed by atoms with Crippen molar-refractivity contribution < 1.29 is 0 Å². The van der Waals surface area contributed by atoms with Gasteiger partial charge in [-0.25, -0.2) is 9.97 Å². The summed E-state index contributed by atoms with van der Waals surface area (Å²) in [6.07, 6.45) is 4.90. The van der Waals surface area contributed by atoms with Crippen LogP contribution in [0, 0.1) is 0 Å². The zero-order valence-corrected chi connectivity index (χ0v) is 10.6. The molecule has 0 amide bonds. The van der Waals surface area contributed by atoms with Crippen LogP contribution in [0.1, 0.15) is 17.2 Å². The van der Waals surface area contributed by atoms with Crippen LogP contribution in [0.25, 0.3) is 0 Å². The molecule has 1 aromatic heterocycles. The van der Waals surface area contributed by atoms with Crippen LogP contribution in [0.5, 0.6) is 0 Å². The topological polar surface area (TPSA) is 51.8 Å². The van der Waals surface area contributed by atoms with Gasteiger partial charge in [0.05, 0.1) is 11.1 Å². The molecule has 3 nitrogen and oxygen atoms in total. The van der Waals surface area contributed by atoms with Gasteiger partial charge in [-0.15, -0.1) is 0 Å². The molecule has 0 aliphatic heterocycles. The highest BCUT2D eigenvalue weighted by molar-refractivity contribution is 9.10. The minimum atomic E-state index is -0.241. The van der Waals surface area contributed by atoms with Crippen molar-refractivity contribution in [3.63, 3.8) is 0 Å². The van der Waals surface area contributed by atoms with Crippen LogP contribution in [0.15, 0.2) is 41.4 Å². The Hall–Kier alpha value is -0.970. The zero-order chi connectivity index (χ0) is 11.5. The van der Waals surface area contributed by atoms with E-state index < -0.39 is 0 Å². The van der Waals surface area contributed by atoms with Gasteiger partial charge in [-0.2, -0.15) is 0 Å². The van der Waals surface area contributed by atoms with Gasteiger partial charge in [-0.3, -0.25) is 0 Å². The van der Waals surface area contributed by atoms with Crippen molar-refractivity contribution in [1.82, 2.24) is 9.97 Å². The van der Waals surface area contributed by atoms with E-state index in [4.69, 9.17) is 17.3 Å². The molecule has 1 aromatic carbocycles. The summed E-state index contributed by atoms with van der Waals surface area (Å²) in [6.45, 7) is 0. The van der Waals surface area contributed by atoms with E-state index in [0.29, 0.717) is 5.02 Å². The third kappa shape index (κ3) is 2.40. The fourth-order valence-electron chi connectivity index (χ4n) is 1.37. The SMILES string of the molecule is NC(c1cncnc1)c1ccc(Cl)c(Br)c1. The fraction of sp³-hybridized carbons (Fsp3) is 0.0909. The summed E-state index contributed by atoms with van der Waals surface area (Å²) in [7, 11) is 0. The Kier molecular flexibility index (Phi) is 3.53. The van der Waals surface area contributed by atoms with Crippen LogP contribution in [0.2, 0.25) is 5.02 Å². The Bertz CT molecular complexity index is 490. The van der Waals surface area contributed by atoms with Crippen molar-refractivity contribution in [2.24, 2.45) is 5.73 Å². The molecule has 0 aliphatic rings. The second kappa shape index (κ2) is 4.91. The van der Waals surface area contributed by atoms with Crippen molar-refractivity contribution >= 4 is 27.5 Å². The molecule has 82 valence electrons. The molecule has 1 atom stereocenters. The molecule has 1 unspecified atom stereocenters. The van der Waals surface area contributed by atoms with Crippen LogP contribution >= 0.6 is 27.5 Å². The lowest BCUT2D eigenvalue weighted by atomic mass is 10.0. The van der Waals surface area contributed by atoms with Gasteiger partial charge in [-0.1, -0.05) is 17.7 Å². The molecular formula is C11H9BrClN3. The van der Waals surface area contributed by atoms with E-state index in [9.17, 15) is 0 Å². The Labute approximate surface area is 107 Å². The number of nitrogens with two attached hydrogens (primary N) is 1. The highest BCUT2D eigenvalue weighted by atomic mass is 79.9. The van der Waals surface area contributed by atoms with Crippen LogP contribution in [-0.4, -0.2) is 9.97 Å². The molecule has 0 bridgehead atoms. The number of benzene rings is 1. The summed E-state index contributed by atoms with van der Waals surface area (Å²) in [5.74, 6) is 0. The lowest BCUT2D eigenvalue weighted by Gasteiger charge is -2.12. The first-order valence-electron chi connectivity index (χ1n) is 4.64. The Morgan fingerprint density at radius 3 is 2.50 bits per heavy atom. The van der Waals surface area contributed by atoms with Crippen molar-refractivity contribution in [3.05, 3.63) is 57.5 Å². The Balaban J connectivity index is 2.34. The standard InChI is InChI=1S/C11H9BrClN3/c12-9-3-7(1-2-10(9)13)11(14)8-4-15-6-16-5-8/h1-6,11H,14H2. The van der Waals surface area contributed by atoms with Gasteiger partial charge in [-0.05, 0) is 33.6 Å². The quantitative estimate of drug-likeness (QED) is 0.927. The maximum atomic E-state index is 6.09. The predicted octanol–water partition coefficient (Wildman–Crippen LogP) is 2.94. The smallest absolute Gasteiger partial charge is 0.115 e. The fourth-order valence-corrected chi connectivity index (χ4v) is 1.88. The van der Waals surface area contributed by atoms with Gasteiger partial charge >= 0.3 is 0 Å². The van der Waals surface area contributed by atoms with E-state index in [-0.39, 0.29) is 6.04 Å². The van der Waals surface area contributed by atoms with E-state index in [0.717, 1.165) is 15.6 Å². The Morgan fingerprint density at radius 2 is 1.88 bits per heavy atom. The summed E-state index contributed by atoms with van der Waals surface area (Å²) in [6, 6.07) is 5.37. The highest BCUT2D eigenvalue weighted by Crippen LogP contribution is 2.27. The summed E-state index contributed by atoms with van der Waals surface area (Å²) < 4.78 is 0.832. The molecule has 0 radical (unpaired) electrons. The number of hydrogen-bond donors (Lipinski definition) is 1. The van der Waals surface area contributed by atoms with Crippen molar-refractivity contribution in [2.45, 2.75) is 6.04 Å². The number of hydrogen-bond acceptors (Lipinski definition) is 3. The Morgan fingerprint density at radius 1 is 1.19 bits per heavy atom. The summed E-state index contributed by atoms with van der Waals surface area (Å²) in [5.41, 5.74) is 7.93. The molecular weight excluding hydrogens is 289 g/mol. The summed E-state index contributed by atoms with van der Waals surface area (Å²) in [5, 5.41) is 0.667. The van der Waals surface area contributed by atoms with E-state index in [1.807, 2.05) is 18.2 Å². The maximum Gasteiger partial charge on any atom is 0.115 e. The minimum Gasteiger partial charge on any atom is -0.320 e. The normalized spacial score (nSPS) is 12.4. The van der Waals surface area contributed by atoms with E-state index in [1.165, 1.54) is 6.33 Å². The zero-order valence-electron chi connectivity index (χ0n) is 8.27. The average Bonchev–Trinajstić information content (AvgIpc) is 2.33. The van der Waals surface area contributed by atoms with Crippen LogP contribution < -0.4 is 5.73 Å². The monoisotopic (exact) mass is 297 g/mol. The molecule has 0 fully saturated rings. The minimum absolute atomic E-state index is 0.241. The third-order valence-electron chi connectivity index (χ3n) is 2.24. The molecule has 0 saturated carbocycles. The summed E-state index contributed by atoms with van der Waals surface area (Å²) >= 11 is 9.29. The molecule has 2 N–H and O–H groups in total. The molecule has 0 aliphatic carbocycles. The molecule has 0 spiro atoms. The average molecular weight is 299 g/mol. The largest absolute Gasteiger partial charge is 0.320 e. The van der Waals surface area contributed by atoms with Crippen LogP contribution in [0.4, 0.5) is 0 Å². The molecule has 5 heteroatoms. The maximum absolute atomic E-state index is 6.09. The second-order valence-corrected chi connectivity index (χ2v) is 4.58. The first kappa shape index (κ1) is 11.5. The van der Waals surface area contributed by atoms with Crippen LogP contribution in [-0.2, 0) is 0 Å². The van der Waals surface area contributed by atoms with Gasteiger partial charge in [0, 0.05) is 22.4 Å². The van der Waals surface area contributed by atoms with E-state index >= 15 is 0 Å². The van der Waals surface area contributed by atoms with Gasteiger partial charge in [0.1, 0.15) is 6.33 Å². The number of nitrogens with zero attached hydrogens (tertiary/aromatic N) is 2. The number of aromatic nitrogens is 2. The van der Waals surface area contributed by atoms with Crippen molar-refractivity contribution in [3.8, 4) is 0 Å². The van der Waals surface area contributed by atoms with Crippen molar-refractivity contribution in [2.75, 3.05) is 0 Å². The van der Waals surface area contributed by atoms with E-state index in [1.54, 1.807) is 12.4 Å². The molecule has 0 saturated heterocycles. The lowest BCUT2D eigenvalue weighted by Crippen LogP contribution is -2.12. The highest BCUT2D eigenvalue weighted by Gasteiger charge is 2.10. The van der Waals surface area contributed by atoms with E-state index in [2.05, 4.69) is 25.9 Å². The molecule has 1 heterocycles. The van der Waals surface area contributed by atoms with Crippen molar-refractivity contribution in [1.29, 1.82) is 0 Å². The lowest BCUT2D eigenvalue weighted by molar-refractivity contribution is 0.850. The van der Waals surface area contributed by atoms with Gasteiger partial charge in [0.25, 0.3) is 0 Å². The first-order valence-corrected chi connectivity index (χ1v) is 5.81. The molecule has 16 heavy (non-hydrogen) atoms. The second-order valence-electron chi connectivity index (χ2n) is 3.32. The summed E-state index contributed by atoms with van der Waals surface area (Å²) in [4.78, 5) is 7.88. The first-order chi connectivity index (χ1) is 7.68. The molecule has 2 aromatic rings. The number of rotatable bonds is 2. The van der Waals surface area contributed by atoms with Gasteiger partial charge in [0.2, 0.25) is 0 Å². The molecule has 2 rings (SSSR count). The van der Waals surface area contributed by atoms with Gasteiger partial charge < -0.3 is 5.73 Å². The van der Waals surface area contributed by atoms with Gasteiger partial charge in [0.15, 0.2) is 0 Å². The predicted molar refractivity (Wildman–Crippen MR) is 67.2 cm³/mol. The third-order valence-corrected chi connectivity index (χ3v) is 3.46. The van der Waals surface area contributed by atoms with Crippen LogP contribution in [0.3, 0.4) is 0 Å².